The summed E-state index contributed by atoms with van der Waals surface area (Å²) in [4.78, 5) is 13.9. The van der Waals surface area contributed by atoms with Gasteiger partial charge in [0.1, 0.15) is 24.4 Å². The first-order valence-corrected chi connectivity index (χ1v) is 9.51. The number of nitrogens with zero attached hydrogens (tertiary/aromatic N) is 3. The first kappa shape index (κ1) is 19.4. The number of aromatic nitrogens is 3. The Kier molecular flexibility index (Phi) is 5.54. The van der Waals surface area contributed by atoms with Crippen molar-refractivity contribution in [3.63, 3.8) is 0 Å². The fraction of sp³-hybridized carbons (Fsp3) is 0.217. The molecule has 30 heavy (non-hydrogen) atoms. The molecule has 3 aromatic rings. The van der Waals surface area contributed by atoms with Crippen LogP contribution in [0.3, 0.4) is 0 Å². The van der Waals surface area contributed by atoms with Crippen LogP contribution >= 0.6 is 0 Å². The lowest BCUT2D eigenvalue weighted by Gasteiger charge is -2.18. The lowest BCUT2D eigenvalue weighted by molar-refractivity contribution is 0.348. The average Bonchev–Trinajstić information content (AvgIpc) is 3.39. The Morgan fingerprint density at radius 1 is 1.40 bits per heavy atom. The van der Waals surface area contributed by atoms with Crippen molar-refractivity contribution in [1.29, 1.82) is 0 Å². The van der Waals surface area contributed by atoms with Crippen molar-refractivity contribution < 1.29 is 9.13 Å². The minimum Gasteiger partial charge on any atom is -0.478 e. The van der Waals surface area contributed by atoms with E-state index in [1.807, 2.05) is 6.07 Å². The van der Waals surface area contributed by atoms with Crippen molar-refractivity contribution in [2.24, 2.45) is 0 Å². The monoisotopic (exact) mass is 401 g/mol. The van der Waals surface area contributed by atoms with Crippen molar-refractivity contribution >= 4 is 16.9 Å². The molecule has 0 saturated carbocycles. The molecule has 150 valence electrons. The quantitative estimate of drug-likeness (QED) is 0.643. The molecule has 6 nitrogen and oxygen atoms in total. The number of rotatable bonds is 5. The highest BCUT2D eigenvalue weighted by Crippen LogP contribution is 2.23. The molecule has 2 N–H and O–H groups in total. The van der Waals surface area contributed by atoms with E-state index in [4.69, 9.17) is 11.2 Å². The topological polar surface area (TPSA) is 66.1 Å². The fourth-order valence-corrected chi connectivity index (χ4v) is 3.34. The van der Waals surface area contributed by atoms with Crippen LogP contribution in [0.5, 0.6) is 5.75 Å². The van der Waals surface area contributed by atoms with Gasteiger partial charge in [-0.2, -0.15) is 0 Å². The number of terminal acetylenes is 1. The molecule has 0 unspecified atom stereocenters. The van der Waals surface area contributed by atoms with Crippen LogP contribution in [0.4, 0.5) is 10.2 Å². The van der Waals surface area contributed by atoms with Gasteiger partial charge in [0.25, 0.3) is 0 Å². The molecule has 1 aromatic carbocycles. The number of H-pyrrole nitrogens is 1. The minimum absolute atomic E-state index is 0.0735. The highest BCUT2D eigenvalue weighted by atomic mass is 19.1. The standard InChI is InChI=1S/C23H20FN5O/c1-3-16(2)29-11-10-18(14-29)28-23-19-13-17(27-22(19)25-15-26-23)7-6-12-30-21-9-5-4-8-20(21)24/h1,4-5,8-9,13,15,18H,2,10-12,14H2,(H2,25,26,27,28)/t18-/m1/s1. The molecule has 0 aliphatic carbocycles. The molecule has 1 atom stereocenters. The van der Waals surface area contributed by atoms with E-state index in [0.717, 1.165) is 30.7 Å². The van der Waals surface area contributed by atoms with Gasteiger partial charge in [0.2, 0.25) is 0 Å². The highest BCUT2D eigenvalue weighted by molar-refractivity contribution is 5.88. The Hall–Kier alpha value is -3.97. The number of fused-ring (bicyclic) bond motifs is 1. The number of nitrogens with one attached hydrogen (secondary N) is 2. The SMILES string of the molecule is C#CC(=C)N1CC[C@@H](Nc2ncnc3[nH]c(C#CCOc4ccccc4F)cc23)C1. The van der Waals surface area contributed by atoms with Crippen LogP contribution in [0.15, 0.2) is 48.9 Å². The summed E-state index contributed by atoms with van der Waals surface area (Å²) in [5.41, 5.74) is 2.07. The van der Waals surface area contributed by atoms with Crippen LogP contribution in [0, 0.1) is 30.0 Å². The number of allylic oxidation sites excluding steroid dienone is 1. The molecule has 0 bridgehead atoms. The maximum atomic E-state index is 13.6. The zero-order chi connectivity index (χ0) is 20.9. The molecule has 1 aliphatic rings. The Morgan fingerprint density at radius 3 is 3.10 bits per heavy atom. The van der Waals surface area contributed by atoms with E-state index in [9.17, 15) is 4.39 Å². The normalized spacial score (nSPS) is 15.3. The summed E-state index contributed by atoms with van der Waals surface area (Å²) in [5, 5.41) is 4.32. The van der Waals surface area contributed by atoms with E-state index < -0.39 is 5.82 Å². The lowest BCUT2D eigenvalue weighted by Crippen LogP contribution is -2.25. The van der Waals surface area contributed by atoms with Gasteiger partial charge in [-0.3, -0.25) is 0 Å². The first-order valence-electron chi connectivity index (χ1n) is 9.51. The maximum Gasteiger partial charge on any atom is 0.165 e. The van der Waals surface area contributed by atoms with E-state index in [1.54, 1.807) is 18.2 Å². The number of anilines is 1. The van der Waals surface area contributed by atoms with Gasteiger partial charge >= 0.3 is 0 Å². The molecule has 3 heterocycles. The van der Waals surface area contributed by atoms with Gasteiger partial charge in [-0.25, -0.2) is 14.4 Å². The summed E-state index contributed by atoms with van der Waals surface area (Å²) in [6.45, 7) is 5.61. The molecule has 4 rings (SSSR count). The fourth-order valence-electron chi connectivity index (χ4n) is 3.34. The Balaban J connectivity index is 1.43. The van der Waals surface area contributed by atoms with Gasteiger partial charge < -0.3 is 19.9 Å². The molecule has 0 radical (unpaired) electrons. The lowest BCUT2D eigenvalue weighted by atomic mass is 10.2. The van der Waals surface area contributed by atoms with E-state index in [2.05, 4.69) is 49.5 Å². The van der Waals surface area contributed by atoms with Gasteiger partial charge in [0, 0.05) is 19.1 Å². The molecule has 1 aliphatic heterocycles. The molecular weight excluding hydrogens is 381 g/mol. The van der Waals surface area contributed by atoms with Crippen LogP contribution in [0.25, 0.3) is 11.0 Å². The second-order valence-electron chi connectivity index (χ2n) is 6.86. The Bertz CT molecular complexity index is 1180. The number of aromatic amines is 1. The van der Waals surface area contributed by atoms with Crippen molar-refractivity contribution in [3.05, 3.63) is 60.4 Å². The van der Waals surface area contributed by atoms with Crippen LogP contribution < -0.4 is 10.1 Å². The third kappa shape index (κ3) is 4.21. The molecule has 7 heteroatoms. The predicted molar refractivity (Wildman–Crippen MR) is 114 cm³/mol. The van der Waals surface area contributed by atoms with Crippen molar-refractivity contribution in [2.45, 2.75) is 12.5 Å². The third-order valence-electron chi connectivity index (χ3n) is 4.86. The minimum atomic E-state index is -0.410. The van der Waals surface area contributed by atoms with Gasteiger partial charge in [-0.15, -0.1) is 6.42 Å². The summed E-state index contributed by atoms with van der Waals surface area (Å²) in [7, 11) is 0. The summed E-state index contributed by atoms with van der Waals surface area (Å²) < 4.78 is 18.9. The van der Waals surface area contributed by atoms with Crippen molar-refractivity contribution in [2.75, 3.05) is 25.0 Å². The number of benzene rings is 1. The zero-order valence-corrected chi connectivity index (χ0v) is 16.3. The molecule has 1 fully saturated rings. The second kappa shape index (κ2) is 8.59. The zero-order valence-electron chi connectivity index (χ0n) is 16.3. The van der Waals surface area contributed by atoms with E-state index >= 15 is 0 Å². The van der Waals surface area contributed by atoms with Crippen LogP contribution in [0.1, 0.15) is 12.1 Å². The summed E-state index contributed by atoms with van der Waals surface area (Å²) in [6.07, 6.45) is 7.89. The van der Waals surface area contributed by atoms with Gasteiger partial charge in [0.15, 0.2) is 11.6 Å². The summed E-state index contributed by atoms with van der Waals surface area (Å²) in [6, 6.07) is 8.34. The Morgan fingerprint density at radius 2 is 2.27 bits per heavy atom. The third-order valence-corrected chi connectivity index (χ3v) is 4.86. The number of likely N-dealkylation sites (tertiary alicyclic amines) is 1. The molecular formula is C23H20FN5O. The average molecular weight is 401 g/mol. The van der Waals surface area contributed by atoms with E-state index in [0.29, 0.717) is 17.0 Å². The Labute approximate surface area is 174 Å². The van der Waals surface area contributed by atoms with Gasteiger partial charge in [-0.05, 0) is 30.5 Å². The molecule has 2 aromatic heterocycles. The van der Waals surface area contributed by atoms with Crippen molar-refractivity contribution in [1.82, 2.24) is 19.9 Å². The summed E-state index contributed by atoms with van der Waals surface area (Å²) in [5.74, 6) is 8.96. The van der Waals surface area contributed by atoms with Crippen LogP contribution in [-0.2, 0) is 0 Å². The van der Waals surface area contributed by atoms with E-state index in [-0.39, 0.29) is 18.4 Å². The predicted octanol–water partition coefficient (Wildman–Crippen LogP) is 3.16. The number of hydrogen-bond donors (Lipinski definition) is 2. The number of hydrogen-bond acceptors (Lipinski definition) is 5. The van der Waals surface area contributed by atoms with E-state index in [1.165, 1.54) is 12.4 Å². The largest absolute Gasteiger partial charge is 0.478 e. The van der Waals surface area contributed by atoms with Gasteiger partial charge in [0.05, 0.1) is 16.8 Å². The van der Waals surface area contributed by atoms with Crippen LogP contribution in [0.2, 0.25) is 0 Å². The molecule has 0 spiro atoms. The smallest absolute Gasteiger partial charge is 0.165 e. The van der Waals surface area contributed by atoms with Crippen molar-refractivity contribution in [3.8, 4) is 29.9 Å². The highest BCUT2D eigenvalue weighted by Gasteiger charge is 2.23. The number of para-hydroxylation sites is 1. The van der Waals surface area contributed by atoms with Crippen LogP contribution in [-0.4, -0.2) is 45.6 Å². The second-order valence-corrected chi connectivity index (χ2v) is 6.86. The first-order chi connectivity index (χ1) is 14.6. The number of halogens is 1. The maximum absolute atomic E-state index is 13.6. The summed E-state index contributed by atoms with van der Waals surface area (Å²) >= 11 is 0. The molecule has 1 saturated heterocycles. The number of ether oxygens (including phenoxy) is 1. The van der Waals surface area contributed by atoms with Gasteiger partial charge in [-0.1, -0.05) is 30.6 Å². The molecule has 0 amide bonds.